The molecule has 1 aromatic heterocycles. The number of anilines is 1. The van der Waals surface area contributed by atoms with Crippen LogP contribution in [-0.2, 0) is 17.6 Å². The van der Waals surface area contributed by atoms with Crippen molar-refractivity contribution in [3.05, 3.63) is 51.9 Å². The van der Waals surface area contributed by atoms with Crippen LogP contribution < -0.4 is 5.32 Å². The van der Waals surface area contributed by atoms with E-state index in [1.165, 1.54) is 21.8 Å². The maximum absolute atomic E-state index is 11.5. The third kappa shape index (κ3) is 2.87. The summed E-state index contributed by atoms with van der Waals surface area (Å²) in [7, 11) is 0. The van der Waals surface area contributed by atoms with Gasteiger partial charge in [-0.2, -0.15) is 5.26 Å². The molecule has 0 radical (unpaired) electrons. The van der Waals surface area contributed by atoms with Crippen LogP contribution in [0, 0.1) is 11.3 Å². The van der Waals surface area contributed by atoms with Gasteiger partial charge in [-0.3, -0.25) is 4.79 Å². The van der Waals surface area contributed by atoms with Crippen LogP contribution in [0.1, 0.15) is 33.9 Å². The second-order valence-corrected chi connectivity index (χ2v) is 6.72. The van der Waals surface area contributed by atoms with E-state index in [1.807, 2.05) is 6.07 Å². The number of hydrogen-bond acceptors (Lipinski definition) is 3. The Hall–Kier alpha value is -1.83. The Balaban J connectivity index is 1.89. The zero-order chi connectivity index (χ0) is 15.5. The first-order valence-electron chi connectivity index (χ1n) is 7.18. The molecule has 5 heteroatoms. The molecule has 3 rings (SSSR count). The van der Waals surface area contributed by atoms with Gasteiger partial charge in [0, 0.05) is 4.88 Å². The number of nitrogens with one attached hydrogen (secondary N) is 1. The molecule has 0 saturated heterocycles. The first-order valence-corrected chi connectivity index (χ1v) is 8.53. The number of fused-ring (bicyclic) bond motifs is 1. The molecule has 0 spiro atoms. The zero-order valence-electron chi connectivity index (χ0n) is 11.9. The van der Waals surface area contributed by atoms with E-state index >= 15 is 0 Å². The molecule has 1 amide bonds. The van der Waals surface area contributed by atoms with Gasteiger partial charge in [0.25, 0.3) is 0 Å². The lowest BCUT2D eigenvalue weighted by Gasteiger charge is -2.22. The van der Waals surface area contributed by atoms with Crippen molar-refractivity contribution < 1.29 is 4.79 Å². The number of hydrogen-bond donors (Lipinski definition) is 1. The Morgan fingerprint density at radius 2 is 2.18 bits per heavy atom. The van der Waals surface area contributed by atoms with Gasteiger partial charge in [0.1, 0.15) is 17.0 Å². The fourth-order valence-electron chi connectivity index (χ4n) is 2.96. The summed E-state index contributed by atoms with van der Waals surface area (Å²) >= 11 is 7.05. The van der Waals surface area contributed by atoms with Crippen LogP contribution in [0.15, 0.2) is 30.3 Å². The highest BCUT2D eigenvalue weighted by Gasteiger charge is 2.27. The monoisotopic (exact) mass is 330 g/mol. The molecule has 0 saturated carbocycles. The van der Waals surface area contributed by atoms with Crippen molar-refractivity contribution in [2.24, 2.45) is 0 Å². The zero-order valence-corrected chi connectivity index (χ0v) is 13.5. The molecular formula is C17H15ClN2OS. The smallest absolute Gasteiger partial charge is 0.239 e. The summed E-state index contributed by atoms with van der Waals surface area (Å²) in [6, 6.07) is 12.7. The van der Waals surface area contributed by atoms with Gasteiger partial charge in [-0.15, -0.1) is 22.9 Å². The third-order valence-electron chi connectivity index (χ3n) is 4.02. The van der Waals surface area contributed by atoms with Gasteiger partial charge in [-0.25, -0.2) is 0 Å². The molecule has 1 aromatic carbocycles. The summed E-state index contributed by atoms with van der Waals surface area (Å²) in [5, 5.41) is 12.8. The molecule has 1 aliphatic carbocycles. The molecule has 22 heavy (non-hydrogen) atoms. The molecule has 0 bridgehead atoms. The lowest BCUT2D eigenvalue weighted by Crippen LogP contribution is -2.13. The highest BCUT2D eigenvalue weighted by atomic mass is 35.5. The van der Waals surface area contributed by atoms with Crippen LogP contribution in [0.2, 0.25) is 0 Å². The molecule has 0 aliphatic heterocycles. The van der Waals surface area contributed by atoms with Gasteiger partial charge in [0.05, 0.1) is 5.56 Å². The number of nitrogens with zero attached hydrogens (tertiary/aromatic N) is 1. The van der Waals surface area contributed by atoms with Crippen LogP contribution >= 0.6 is 22.9 Å². The fraction of sp³-hybridized carbons (Fsp3) is 0.294. The average molecular weight is 331 g/mol. The first-order chi connectivity index (χ1) is 10.7. The lowest BCUT2D eigenvalue weighted by atomic mass is 9.83. The van der Waals surface area contributed by atoms with E-state index < -0.39 is 0 Å². The van der Waals surface area contributed by atoms with E-state index in [9.17, 15) is 10.1 Å². The van der Waals surface area contributed by atoms with E-state index in [0.717, 1.165) is 24.8 Å². The largest absolute Gasteiger partial charge is 0.316 e. The number of benzene rings is 1. The Morgan fingerprint density at radius 3 is 2.86 bits per heavy atom. The second kappa shape index (κ2) is 6.51. The van der Waals surface area contributed by atoms with Crippen molar-refractivity contribution in [2.75, 3.05) is 11.2 Å². The van der Waals surface area contributed by atoms with Gasteiger partial charge in [0.15, 0.2) is 0 Å². The summed E-state index contributed by atoms with van der Waals surface area (Å²) in [6.07, 6.45) is 2.84. The molecule has 2 aromatic rings. The maximum Gasteiger partial charge on any atom is 0.239 e. The summed E-state index contributed by atoms with van der Waals surface area (Å²) in [5.41, 5.74) is 3.06. The van der Waals surface area contributed by atoms with Crippen LogP contribution in [0.5, 0.6) is 0 Å². The molecular weight excluding hydrogens is 316 g/mol. The van der Waals surface area contributed by atoms with Gasteiger partial charge in [0.2, 0.25) is 5.91 Å². The van der Waals surface area contributed by atoms with E-state index in [4.69, 9.17) is 11.6 Å². The number of carbonyl (C=O) groups excluding carboxylic acids is 1. The highest BCUT2D eigenvalue weighted by molar-refractivity contribution is 7.16. The van der Waals surface area contributed by atoms with E-state index in [2.05, 4.69) is 35.7 Å². The van der Waals surface area contributed by atoms with Crippen LogP contribution in [0.4, 0.5) is 5.00 Å². The van der Waals surface area contributed by atoms with E-state index in [0.29, 0.717) is 16.5 Å². The van der Waals surface area contributed by atoms with Gasteiger partial charge in [-0.1, -0.05) is 30.3 Å². The number of carbonyl (C=O) groups is 1. The molecule has 3 nitrogen and oxygen atoms in total. The molecule has 112 valence electrons. The van der Waals surface area contributed by atoms with Crippen molar-refractivity contribution in [3.63, 3.8) is 0 Å². The minimum atomic E-state index is -0.267. The summed E-state index contributed by atoms with van der Waals surface area (Å²) in [4.78, 5) is 12.7. The van der Waals surface area contributed by atoms with Crippen molar-refractivity contribution in [3.8, 4) is 6.07 Å². The lowest BCUT2D eigenvalue weighted by molar-refractivity contribution is -0.113. The summed E-state index contributed by atoms with van der Waals surface area (Å²) in [6.45, 7) is 0. The molecule has 0 unspecified atom stereocenters. The van der Waals surface area contributed by atoms with Gasteiger partial charge >= 0.3 is 0 Å². The van der Waals surface area contributed by atoms with Crippen LogP contribution in [0.25, 0.3) is 0 Å². The summed E-state index contributed by atoms with van der Waals surface area (Å²) in [5.74, 6) is 0.118. The normalized spacial score (nSPS) is 16.6. The van der Waals surface area contributed by atoms with Crippen LogP contribution in [0.3, 0.4) is 0 Å². The number of nitriles is 1. The quantitative estimate of drug-likeness (QED) is 0.862. The van der Waals surface area contributed by atoms with Crippen molar-refractivity contribution in [1.82, 2.24) is 0 Å². The first kappa shape index (κ1) is 15.1. The molecule has 1 aliphatic rings. The number of amides is 1. The minimum Gasteiger partial charge on any atom is -0.316 e. The van der Waals surface area contributed by atoms with Crippen molar-refractivity contribution in [1.29, 1.82) is 5.26 Å². The topological polar surface area (TPSA) is 52.9 Å². The van der Waals surface area contributed by atoms with E-state index in [-0.39, 0.29) is 11.8 Å². The SMILES string of the molecule is N#Cc1c(NC(=O)CCl)sc2c1CC[C@@H](c1ccccc1)C2. The fourth-order valence-corrected chi connectivity index (χ4v) is 4.32. The predicted molar refractivity (Wildman–Crippen MR) is 89.6 cm³/mol. The van der Waals surface area contributed by atoms with Gasteiger partial charge < -0.3 is 5.32 Å². The average Bonchev–Trinajstić information content (AvgIpc) is 2.91. The molecule has 1 atom stereocenters. The Labute approximate surface area is 138 Å². The minimum absolute atomic E-state index is 0.0971. The predicted octanol–water partition coefficient (Wildman–Crippen LogP) is 4.07. The van der Waals surface area contributed by atoms with Crippen LogP contribution in [-0.4, -0.2) is 11.8 Å². The van der Waals surface area contributed by atoms with Crippen molar-refractivity contribution in [2.45, 2.75) is 25.2 Å². The third-order valence-corrected chi connectivity index (χ3v) is 5.43. The molecule has 0 fully saturated rings. The van der Waals surface area contributed by atoms with Gasteiger partial charge in [-0.05, 0) is 36.3 Å². The Bertz CT molecular complexity index is 733. The van der Waals surface area contributed by atoms with E-state index in [1.54, 1.807) is 0 Å². The number of alkyl halides is 1. The standard InChI is InChI=1S/C17H15ClN2OS/c18-9-16(21)20-17-14(10-19)13-7-6-12(8-15(13)22-17)11-4-2-1-3-5-11/h1-5,12H,6-9H2,(H,20,21)/t12-/m1/s1. The summed E-state index contributed by atoms with van der Waals surface area (Å²) < 4.78 is 0. The molecule has 1 heterocycles. The number of halogens is 1. The van der Waals surface area contributed by atoms with Crippen molar-refractivity contribution >= 4 is 33.8 Å². The number of rotatable bonds is 3. The number of thiophene rings is 1. The Kier molecular flexibility index (Phi) is 4.47. The molecule has 1 N–H and O–H groups in total. The Morgan fingerprint density at radius 1 is 1.41 bits per heavy atom. The highest BCUT2D eigenvalue weighted by Crippen LogP contribution is 2.42. The maximum atomic E-state index is 11.5. The second-order valence-electron chi connectivity index (χ2n) is 5.35.